The number of carbonyl (C=O) groups excluding carboxylic acids is 1. The molecule has 0 saturated carbocycles. The zero-order chi connectivity index (χ0) is 19.2. The largest absolute Gasteiger partial charge is 0.494 e. The van der Waals surface area contributed by atoms with Crippen LogP contribution < -0.4 is 14.2 Å². The van der Waals surface area contributed by atoms with Gasteiger partial charge in [0.05, 0.1) is 27.4 Å². The summed E-state index contributed by atoms with van der Waals surface area (Å²) in [6, 6.07) is 11.4. The first-order chi connectivity index (χ1) is 13.1. The second-order valence-corrected chi connectivity index (χ2v) is 6.06. The van der Waals surface area contributed by atoms with E-state index in [4.69, 9.17) is 18.9 Å². The van der Waals surface area contributed by atoms with E-state index in [1.165, 1.54) is 25.3 Å². The minimum absolute atomic E-state index is 0.0464. The number of para-hydroxylation sites is 2. The van der Waals surface area contributed by atoms with E-state index in [1.54, 1.807) is 12.0 Å². The average molecular weight is 375 g/mol. The van der Waals surface area contributed by atoms with Crippen molar-refractivity contribution in [3.05, 3.63) is 53.8 Å². The van der Waals surface area contributed by atoms with Gasteiger partial charge in [0.1, 0.15) is 12.7 Å². The Bertz CT molecular complexity index is 798. The molecule has 2 aromatic rings. The standard InChI is InChI=1S/C20H22FNO5/c1-24-17-5-3-4-6-18(17)27-13-15-12-22(9-10-26-15)20(23)14-7-8-16(21)19(11-14)25-2/h3-8,11,15H,9-10,12-13H2,1-2H3. The molecule has 1 heterocycles. The minimum Gasteiger partial charge on any atom is -0.494 e. The molecule has 7 heteroatoms. The number of methoxy groups -OCH3 is 2. The van der Waals surface area contributed by atoms with Crippen LogP contribution in [0.25, 0.3) is 0 Å². The van der Waals surface area contributed by atoms with Crippen molar-refractivity contribution in [2.24, 2.45) is 0 Å². The van der Waals surface area contributed by atoms with Gasteiger partial charge in [-0.3, -0.25) is 4.79 Å². The van der Waals surface area contributed by atoms with E-state index < -0.39 is 5.82 Å². The minimum atomic E-state index is -0.501. The van der Waals surface area contributed by atoms with Crippen LogP contribution >= 0.6 is 0 Å². The van der Waals surface area contributed by atoms with Crippen molar-refractivity contribution in [2.45, 2.75) is 6.10 Å². The predicted octanol–water partition coefficient (Wildman–Crippen LogP) is 2.76. The number of amides is 1. The highest BCUT2D eigenvalue weighted by atomic mass is 19.1. The Kier molecular flexibility index (Phi) is 6.13. The SMILES string of the molecule is COc1cc(C(=O)N2CCOC(COc3ccccc3OC)C2)ccc1F. The van der Waals surface area contributed by atoms with Crippen LogP contribution in [0, 0.1) is 5.82 Å². The normalized spacial score (nSPS) is 16.7. The van der Waals surface area contributed by atoms with E-state index in [0.717, 1.165) is 0 Å². The van der Waals surface area contributed by atoms with Crippen LogP contribution in [0.15, 0.2) is 42.5 Å². The molecule has 1 unspecified atom stereocenters. The highest BCUT2D eigenvalue weighted by Gasteiger charge is 2.26. The molecule has 2 aromatic carbocycles. The van der Waals surface area contributed by atoms with Gasteiger partial charge >= 0.3 is 0 Å². The molecular formula is C20H22FNO5. The third kappa shape index (κ3) is 4.49. The summed E-state index contributed by atoms with van der Waals surface area (Å²) in [5, 5.41) is 0. The van der Waals surface area contributed by atoms with Crippen molar-refractivity contribution in [3.8, 4) is 17.2 Å². The zero-order valence-electron chi connectivity index (χ0n) is 15.3. The van der Waals surface area contributed by atoms with Gasteiger partial charge in [-0.2, -0.15) is 0 Å². The first-order valence-electron chi connectivity index (χ1n) is 8.62. The molecule has 3 rings (SSSR count). The molecule has 0 N–H and O–H groups in total. The number of nitrogens with zero attached hydrogens (tertiary/aromatic N) is 1. The lowest BCUT2D eigenvalue weighted by Gasteiger charge is -2.33. The Labute approximate surface area is 157 Å². The summed E-state index contributed by atoms with van der Waals surface area (Å²) in [6.45, 7) is 1.54. The summed E-state index contributed by atoms with van der Waals surface area (Å²) in [7, 11) is 2.95. The fraction of sp³-hybridized carbons (Fsp3) is 0.350. The monoisotopic (exact) mass is 375 g/mol. The lowest BCUT2D eigenvalue weighted by molar-refractivity contribution is -0.0403. The van der Waals surface area contributed by atoms with Crippen LogP contribution in [0.3, 0.4) is 0 Å². The third-order valence-corrected chi connectivity index (χ3v) is 4.32. The predicted molar refractivity (Wildman–Crippen MR) is 97.1 cm³/mol. The number of rotatable bonds is 6. The van der Waals surface area contributed by atoms with Crippen LogP contribution in [0.1, 0.15) is 10.4 Å². The molecule has 144 valence electrons. The van der Waals surface area contributed by atoms with Gasteiger partial charge in [0.2, 0.25) is 0 Å². The topological polar surface area (TPSA) is 57.2 Å². The number of morpholine rings is 1. The molecule has 1 fully saturated rings. The number of ether oxygens (including phenoxy) is 4. The second-order valence-electron chi connectivity index (χ2n) is 6.06. The first-order valence-corrected chi connectivity index (χ1v) is 8.62. The summed E-state index contributed by atoms with van der Waals surface area (Å²) < 4.78 is 35.3. The maximum Gasteiger partial charge on any atom is 0.254 e. The summed E-state index contributed by atoms with van der Waals surface area (Å²) in [6.07, 6.45) is -0.269. The molecule has 0 radical (unpaired) electrons. The number of hydrogen-bond acceptors (Lipinski definition) is 5. The van der Waals surface area contributed by atoms with Crippen molar-refractivity contribution < 1.29 is 28.1 Å². The Morgan fingerprint density at radius 3 is 2.63 bits per heavy atom. The second kappa shape index (κ2) is 8.73. The van der Waals surface area contributed by atoms with E-state index >= 15 is 0 Å². The van der Waals surface area contributed by atoms with E-state index in [9.17, 15) is 9.18 Å². The lowest BCUT2D eigenvalue weighted by atomic mass is 10.1. The molecule has 0 aliphatic carbocycles. The van der Waals surface area contributed by atoms with E-state index in [0.29, 0.717) is 36.8 Å². The molecule has 1 aliphatic heterocycles. The highest BCUT2D eigenvalue weighted by molar-refractivity contribution is 5.94. The van der Waals surface area contributed by atoms with Crippen LogP contribution in [0.4, 0.5) is 4.39 Å². The van der Waals surface area contributed by atoms with Crippen molar-refractivity contribution in [2.75, 3.05) is 40.5 Å². The number of halogens is 1. The summed E-state index contributed by atoms with van der Waals surface area (Å²) in [4.78, 5) is 14.4. The third-order valence-electron chi connectivity index (χ3n) is 4.32. The molecule has 6 nitrogen and oxygen atoms in total. The van der Waals surface area contributed by atoms with Gasteiger partial charge in [-0.15, -0.1) is 0 Å². The van der Waals surface area contributed by atoms with Gasteiger partial charge in [0.15, 0.2) is 23.1 Å². The van der Waals surface area contributed by atoms with Gasteiger partial charge in [-0.25, -0.2) is 4.39 Å². The van der Waals surface area contributed by atoms with Crippen molar-refractivity contribution in [3.63, 3.8) is 0 Å². The van der Waals surface area contributed by atoms with Gasteiger partial charge in [0.25, 0.3) is 5.91 Å². The van der Waals surface area contributed by atoms with E-state index in [1.807, 2.05) is 24.3 Å². The molecule has 0 aromatic heterocycles. The Balaban J connectivity index is 1.63. The molecule has 1 saturated heterocycles. The number of benzene rings is 2. The van der Waals surface area contributed by atoms with E-state index in [-0.39, 0.29) is 24.4 Å². The van der Waals surface area contributed by atoms with Crippen LogP contribution in [-0.4, -0.2) is 57.4 Å². The van der Waals surface area contributed by atoms with Crippen molar-refractivity contribution in [1.82, 2.24) is 4.90 Å². The molecular weight excluding hydrogens is 353 g/mol. The quantitative estimate of drug-likeness (QED) is 0.777. The highest BCUT2D eigenvalue weighted by Crippen LogP contribution is 2.26. The van der Waals surface area contributed by atoms with Gasteiger partial charge in [-0.1, -0.05) is 12.1 Å². The van der Waals surface area contributed by atoms with Crippen molar-refractivity contribution >= 4 is 5.91 Å². The van der Waals surface area contributed by atoms with Crippen LogP contribution in [-0.2, 0) is 4.74 Å². The van der Waals surface area contributed by atoms with Gasteiger partial charge < -0.3 is 23.8 Å². The summed E-state index contributed by atoms with van der Waals surface area (Å²) in [5.74, 6) is 0.609. The number of hydrogen-bond donors (Lipinski definition) is 0. The fourth-order valence-electron chi connectivity index (χ4n) is 2.90. The van der Waals surface area contributed by atoms with E-state index in [2.05, 4.69) is 0 Å². The van der Waals surface area contributed by atoms with Gasteiger partial charge in [0, 0.05) is 12.1 Å². The Hall–Kier alpha value is -2.80. The molecule has 1 amide bonds. The lowest BCUT2D eigenvalue weighted by Crippen LogP contribution is -2.47. The maximum absolute atomic E-state index is 13.6. The zero-order valence-corrected chi connectivity index (χ0v) is 15.3. The molecule has 0 bridgehead atoms. The average Bonchev–Trinajstić information content (AvgIpc) is 2.72. The summed E-state index contributed by atoms with van der Waals surface area (Å²) in [5.41, 5.74) is 0.375. The van der Waals surface area contributed by atoms with Gasteiger partial charge in [-0.05, 0) is 30.3 Å². The molecule has 27 heavy (non-hydrogen) atoms. The van der Waals surface area contributed by atoms with Crippen molar-refractivity contribution in [1.29, 1.82) is 0 Å². The van der Waals surface area contributed by atoms with Crippen LogP contribution in [0.2, 0.25) is 0 Å². The molecule has 1 atom stereocenters. The smallest absolute Gasteiger partial charge is 0.254 e. The first kappa shape index (κ1) is 19.0. The molecule has 1 aliphatic rings. The molecule has 0 spiro atoms. The number of carbonyl (C=O) groups is 1. The fourth-order valence-corrected chi connectivity index (χ4v) is 2.90. The van der Waals surface area contributed by atoms with Crippen LogP contribution in [0.5, 0.6) is 17.2 Å². The summed E-state index contributed by atoms with van der Waals surface area (Å²) >= 11 is 0. The Morgan fingerprint density at radius 1 is 1.15 bits per heavy atom. The Morgan fingerprint density at radius 2 is 1.89 bits per heavy atom. The maximum atomic E-state index is 13.6.